The maximum absolute atomic E-state index is 13.8. The molecule has 2 aromatic rings. The molecule has 0 aliphatic heterocycles. The Balaban J connectivity index is 2.12. The highest BCUT2D eigenvalue weighted by molar-refractivity contribution is 5.31. The fourth-order valence-corrected chi connectivity index (χ4v) is 1.75. The van der Waals surface area contributed by atoms with E-state index < -0.39 is 11.9 Å². The molecule has 2 rings (SSSR count). The summed E-state index contributed by atoms with van der Waals surface area (Å²) in [5.41, 5.74) is 2.07. The molecule has 0 saturated carbocycles. The molecule has 0 aliphatic rings. The molecule has 1 N–H and O–H groups in total. The third-order valence-electron chi connectivity index (χ3n) is 2.99. The molecule has 0 aliphatic carbocycles. The number of aryl methyl sites for hydroxylation is 2. The van der Waals surface area contributed by atoms with Gasteiger partial charge in [0.15, 0.2) is 11.6 Å². The van der Waals surface area contributed by atoms with E-state index in [1.54, 1.807) is 19.9 Å². The van der Waals surface area contributed by atoms with Crippen LogP contribution in [0.1, 0.15) is 35.6 Å². The Kier molecular flexibility index (Phi) is 3.85. The van der Waals surface area contributed by atoms with Gasteiger partial charge in [-0.2, -0.15) is 0 Å². The normalized spacial score (nSPS) is 12.5. The first-order chi connectivity index (χ1) is 8.99. The second-order valence-corrected chi connectivity index (χ2v) is 4.46. The molecule has 0 saturated heterocycles. The van der Waals surface area contributed by atoms with Gasteiger partial charge in [0, 0.05) is 0 Å². The van der Waals surface area contributed by atoms with E-state index in [1.165, 1.54) is 12.1 Å². The van der Waals surface area contributed by atoms with E-state index in [9.17, 15) is 9.50 Å². The maximum Gasteiger partial charge on any atom is 0.165 e. The van der Waals surface area contributed by atoms with Crippen LogP contribution in [0.15, 0.2) is 22.7 Å². The molecule has 1 aromatic heterocycles. The maximum atomic E-state index is 13.8. The molecular formula is C14H16FNO3. The van der Waals surface area contributed by atoms with Crippen LogP contribution in [-0.4, -0.2) is 10.3 Å². The van der Waals surface area contributed by atoms with Crippen LogP contribution in [0, 0.1) is 19.7 Å². The van der Waals surface area contributed by atoms with E-state index in [-0.39, 0.29) is 12.4 Å². The highest BCUT2D eigenvalue weighted by Crippen LogP contribution is 2.23. The number of halogens is 1. The van der Waals surface area contributed by atoms with Crippen LogP contribution in [0.2, 0.25) is 0 Å². The molecular weight excluding hydrogens is 249 g/mol. The van der Waals surface area contributed by atoms with Crippen molar-refractivity contribution >= 4 is 0 Å². The highest BCUT2D eigenvalue weighted by Gasteiger charge is 2.12. The molecule has 1 heterocycles. The molecule has 0 radical (unpaired) electrons. The van der Waals surface area contributed by atoms with Gasteiger partial charge >= 0.3 is 0 Å². The first-order valence-electron chi connectivity index (χ1n) is 6.01. The highest BCUT2D eigenvalue weighted by atomic mass is 19.1. The number of hydrogen-bond donors (Lipinski definition) is 1. The Morgan fingerprint density at radius 1 is 1.42 bits per heavy atom. The van der Waals surface area contributed by atoms with Crippen LogP contribution in [0.3, 0.4) is 0 Å². The Bertz CT molecular complexity index is 559. The monoisotopic (exact) mass is 265 g/mol. The Morgan fingerprint density at radius 3 is 2.68 bits per heavy atom. The lowest BCUT2D eigenvalue weighted by atomic mass is 10.1. The van der Waals surface area contributed by atoms with E-state index in [0.29, 0.717) is 11.3 Å². The van der Waals surface area contributed by atoms with E-state index in [2.05, 4.69) is 5.16 Å². The van der Waals surface area contributed by atoms with Crippen molar-refractivity contribution in [3.8, 4) is 5.75 Å². The fraction of sp³-hybridized carbons (Fsp3) is 0.357. The quantitative estimate of drug-likeness (QED) is 0.923. The molecule has 0 bridgehead atoms. The van der Waals surface area contributed by atoms with Gasteiger partial charge < -0.3 is 14.4 Å². The molecule has 0 fully saturated rings. The number of rotatable bonds is 4. The summed E-state index contributed by atoms with van der Waals surface area (Å²) < 4.78 is 24.2. The zero-order valence-electron chi connectivity index (χ0n) is 11.1. The van der Waals surface area contributed by atoms with Gasteiger partial charge in [0.25, 0.3) is 0 Å². The average Bonchev–Trinajstić information content (AvgIpc) is 2.68. The predicted molar refractivity (Wildman–Crippen MR) is 67.3 cm³/mol. The number of ether oxygens (including phenoxy) is 1. The standard InChI is InChI=1S/C14H16FNO3/c1-8-12(10(3)19-16-8)7-18-14-5-4-11(9(2)17)6-13(14)15/h4-6,9,17H,7H2,1-3H3. The van der Waals surface area contributed by atoms with Crippen molar-refractivity contribution in [2.24, 2.45) is 0 Å². The van der Waals surface area contributed by atoms with E-state index in [4.69, 9.17) is 9.26 Å². The predicted octanol–water partition coefficient (Wildman–Crippen LogP) is 3.06. The van der Waals surface area contributed by atoms with Gasteiger partial charge in [-0.3, -0.25) is 0 Å². The van der Waals surface area contributed by atoms with Gasteiger partial charge in [0.05, 0.1) is 17.4 Å². The molecule has 5 heteroatoms. The van der Waals surface area contributed by atoms with E-state index in [1.807, 2.05) is 6.92 Å². The van der Waals surface area contributed by atoms with Crippen LogP contribution >= 0.6 is 0 Å². The Morgan fingerprint density at radius 2 is 2.16 bits per heavy atom. The molecule has 1 unspecified atom stereocenters. The number of hydrogen-bond acceptors (Lipinski definition) is 4. The van der Waals surface area contributed by atoms with Gasteiger partial charge in [0.1, 0.15) is 12.4 Å². The number of aliphatic hydroxyl groups excluding tert-OH is 1. The van der Waals surface area contributed by atoms with Crippen molar-refractivity contribution in [1.82, 2.24) is 5.16 Å². The molecule has 4 nitrogen and oxygen atoms in total. The largest absolute Gasteiger partial charge is 0.486 e. The number of nitrogens with zero attached hydrogens (tertiary/aromatic N) is 1. The van der Waals surface area contributed by atoms with Gasteiger partial charge in [0.2, 0.25) is 0 Å². The summed E-state index contributed by atoms with van der Waals surface area (Å²) in [6.45, 7) is 5.37. The number of aromatic nitrogens is 1. The lowest BCUT2D eigenvalue weighted by molar-refractivity contribution is 0.198. The fourth-order valence-electron chi connectivity index (χ4n) is 1.75. The third kappa shape index (κ3) is 2.93. The zero-order chi connectivity index (χ0) is 14.0. The molecule has 102 valence electrons. The van der Waals surface area contributed by atoms with Crippen LogP contribution in [0.5, 0.6) is 5.75 Å². The lowest BCUT2D eigenvalue weighted by Crippen LogP contribution is -2.00. The van der Waals surface area contributed by atoms with Gasteiger partial charge in [-0.05, 0) is 38.5 Å². The minimum absolute atomic E-state index is 0.143. The van der Waals surface area contributed by atoms with E-state index in [0.717, 1.165) is 11.3 Å². The molecule has 1 aromatic carbocycles. The number of aliphatic hydroxyl groups is 1. The van der Waals surface area contributed by atoms with Crippen molar-refractivity contribution in [3.05, 3.63) is 46.6 Å². The Hall–Kier alpha value is -1.88. The zero-order valence-corrected chi connectivity index (χ0v) is 11.1. The number of benzene rings is 1. The summed E-state index contributed by atoms with van der Waals surface area (Å²) in [7, 11) is 0. The minimum atomic E-state index is -0.703. The van der Waals surface area contributed by atoms with Gasteiger partial charge in [-0.25, -0.2) is 4.39 Å². The van der Waals surface area contributed by atoms with Crippen LogP contribution < -0.4 is 4.74 Å². The topological polar surface area (TPSA) is 55.5 Å². The average molecular weight is 265 g/mol. The summed E-state index contributed by atoms with van der Waals surface area (Å²) in [6.07, 6.45) is -0.703. The van der Waals surface area contributed by atoms with Crippen molar-refractivity contribution in [2.45, 2.75) is 33.5 Å². The van der Waals surface area contributed by atoms with Crippen LogP contribution in [-0.2, 0) is 6.61 Å². The molecule has 19 heavy (non-hydrogen) atoms. The van der Waals surface area contributed by atoms with Crippen molar-refractivity contribution in [3.63, 3.8) is 0 Å². The van der Waals surface area contributed by atoms with E-state index >= 15 is 0 Å². The van der Waals surface area contributed by atoms with Crippen LogP contribution in [0.25, 0.3) is 0 Å². The molecule has 0 amide bonds. The first-order valence-corrected chi connectivity index (χ1v) is 6.01. The summed E-state index contributed by atoms with van der Waals surface area (Å²) in [5, 5.41) is 13.2. The second kappa shape index (κ2) is 5.40. The third-order valence-corrected chi connectivity index (χ3v) is 2.99. The van der Waals surface area contributed by atoms with Crippen molar-refractivity contribution in [2.75, 3.05) is 0 Å². The van der Waals surface area contributed by atoms with Gasteiger partial charge in [-0.15, -0.1) is 0 Å². The first kappa shape index (κ1) is 13.5. The minimum Gasteiger partial charge on any atom is -0.486 e. The second-order valence-electron chi connectivity index (χ2n) is 4.46. The summed E-state index contributed by atoms with van der Waals surface area (Å²) in [5.74, 6) is 0.313. The molecule has 0 spiro atoms. The summed E-state index contributed by atoms with van der Waals surface area (Å²) in [6, 6.07) is 4.42. The summed E-state index contributed by atoms with van der Waals surface area (Å²) in [4.78, 5) is 0. The van der Waals surface area contributed by atoms with Crippen LogP contribution in [0.4, 0.5) is 4.39 Å². The van der Waals surface area contributed by atoms with Crippen molar-refractivity contribution in [1.29, 1.82) is 0 Å². The Labute approximate surface area is 110 Å². The lowest BCUT2D eigenvalue weighted by Gasteiger charge is -2.09. The smallest absolute Gasteiger partial charge is 0.165 e. The van der Waals surface area contributed by atoms with Crippen molar-refractivity contribution < 1.29 is 18.8 Å². The molecule has 1 atom stereocenters. The summed E-state index contributed by atoms with van der Waals surface area (Å²) >= 11 is 0. The SMILES string of the molecule is Cc1noc(C)c1COc1ccc(C(C)O)cc1F. The van der Waals surface area contributed by atoms with Gasteiger partial charge in [-0.1, -0.05) is 11.2 Å².